The quantitative estimate of drug-likeness (QED) is 0.872. The van der Waals surface area contributed by atoms with Gasteiger partial charge in [-0.05, 0) is 31.9 Å². The molecule has 1 aliphatic rings. The van der Waals surface area contributed by atoms with Crippen LogP contribution in [0.25, 0.3) is 0 Å². The molecule has 1 aromatic rings. The lowest BCUT2D eigenvalue weighted by Crippen LogP contribution is -2.58. The molecule has 0 radical (unpaired) electrons. The molecule has 1 saturated heterocycles. The first kappa shape index (κ1) is 18.0. The number of aromatic nitrogens is 1. The Balaban J connectivity index is 1.91. The summed E-state index contributed by atoms with van der Waals surface area (Å²) in [6.07, 6.45) is -2.73. The predicted molar refractivity (Wildman–Crippen MR) is 78.9 cm³/mol. The van der Waals surface area contributed by atoms with E-state index < -0.39 is 17.7 Å². The number of nitriles is 1. The average molecular weight is 342 g/mol. The van der Waals surface area contributed by atoms with Crippen LogP contribution in [0.5, 0.6) is 0 Å². The molecule has 1 atom stereocenters. The van der Waals surface area contributed by atoms with Gasteiger partial charge >= 0.3 is 6.18 Å². The van der Waals surface area contributed by atoms with Crippen molar-refractivity contribution in [3.8, 4) is 6.07 Å². The van der Waals surface area contributed by atoms with Crippen LogP contribution in [0.1, 0.15) is 25.3 Å². The van der Waals surface area contributed by atoms with E-state index in [0.29, 0.717) is 31.1 Å². The van der Waals surface area contributed by atoms with Gasteiger partial charge in [0, 0.05) is 25.3 Å². The van der Waals surface area contributed by atoms with Gasteiger partial charge in [0.2, 0.25) is 5.60 Å². The minimum atomic E-state index is -5.01. The summed E-state index contributed by atoms with van der Waals surface area (Å²) >= 11 is 0. The van der Waals surface area contributed by atoms with Gasteiger partial charge in [0.15, 0.2) is 0 Å². The van der Waals surface area contributed by atoms with Crippen molar-refractivity contribution in [2.45, 2.75) is 37.6 Å². The molecule has 1 aliphatic heterocycles. The van der Waals surface area contributed by atoms with Gasteiger partial charge in [0.1, 0.15) is 11.9 Å². The van der Waals surface area contributed by atoms with E-state index in [0.717, 1.165) is 4.90 Å². The van der Waals surface area contributed by atoms with E-state index in [4.69, 9.17) is 5.26 Å². The number of hydrogen-bond acceptors (Lipinski definition) is 5. The van der Waals surface area contributed by atoms with Crippen LogP contribution in [0.3, 0.4) is 0 Å². The van der Waals surface area contributed by atoms with Gasteiger partial charge < -0.3 is 15.3 Å². The fourth-order valence-corrected chi connectivity index (χ4v) is 2.41. The molecular weight excluding hydrogens is 325 g/mol. The molecular formula is C15H17F3N4O2. The van der Waals surface area contributed by atoms with Crippen molar-refractivity contribution in [2.24, 2.45) is 0 Å². The summed E-state index contributed by atoms with van der Waals surface area (Å²) in [5.41, 5.74) is -2.95. The summed E-state index contributed by atoms with van der Waals surface area (Å²) in [5, 5.41) is 21.3. The molecule has 9 heteroatoms. The summed E-state index contributed by atoms with van der Waals surface area (Å²) in [7, 11) is 0. The van der Waals surface area contributed by atoms with Gasteiger partial charge in [0.05, 0.1) is 5.56 Å². The maximum atomic E-state index is 12.7. The first-order valence-electron chi connectivity index (χ1n) is 7.36. The van der Waals surface area contributed by atoms with Crippen molar-refractivity contribution in [1.82, 2.24) is 9.88 Å². The van der Waals surface area contributed by atoms with Gasteiger partial charge in [-0.25, -0.2) is 4.98 Å². The first-order chi connectivity index (χ1) is 11.1. The van der Waals surface area contributed by atoms with Crippen LogP contribution >= 0.6 is 0 Å². The van der Waals surface area contributed by atoms with E-state index in [-0.39, 0.29) is 19.1 Å². The highest BCUT2D eigenvalue weighted by Gasteiger charge is 2.57. The van der Waals surface area contributed by atoms with Crippen molar-refractivity contribution in [3.05, 3.63) is 23.9 Å². The molecule has 0 aromatic carbocycles. The number of nitrogens with one attached hydrogen (secondary N) is 1. The Hall–Kier alpha value is -2.34. The predicted octanol–water partition coefficient (Wildman–Crippen LogP) is 1.67. The van der Waals surface area contributed by atoms with Crippen molar-refractivity contribution < 1.29 is 23.1 Å². The van der Waals surface area contributed by atoms with E-state index in [1.807, 2.05) is 6.07 Å². The van der Waals surface area contributed by atoms with Crippen LogP contribution < -0.4 is 5.32 Å². The number of rotatable bonds is 3. The van der Waals surface area contributed by atoms with Gasteiger partial charge in [-0.15, -0.1) is 0 Å². The standard InChI is InChI=1S/C15H17F3N4O2/c1-14(24,15(16,17)18)13(23)22-6-4-11(5-7-22)21-12-3-2-10(8-19)9-20-12/h2-3,9,11,24H,4-7H2,1H3,(H,20,21). The molecule has 1 fully saturated rings. The minimum Gasteiger partial charge on any atom is -0.373 e. The van der Waals surface area contributed by atoms with E-state index >= 15 is 0 Å². The van der Waals surface area contributed by atoms with Gasteiger partial charge in [0.25, 0.3) is 5.91 Å². The normalized spacial score (nSPS) is 18.6. The third kappa shape index (κ3) is 3.76. The smallest absolute Gasteiger partial charge is 0.373 e. The highest BCUT2D eigenvalue weighted by atomic mass is 19.4. The lowest BCUT2D eigenvalue weighted by Gasteiger charge is -2.37. The van der Waals surface area contributed by atoms with Crippen LogP contribution in [0.4, 0.5) is 19.0 Å². The Morgan fingerprint density at radius 1 is 1.42 bits per heavy atom. The van der Waals surface area contributed by atoms with E-state index in [1.165, 1.54) is 6.20 Å². The SMILES string of the molecule is CC(O)(C(=O)N1CCC(Nc2ccc(C#N)cn2)CC1)C(F)(F)F. The molecule has 6 nitrogen and oxygen atoms in total. The second kappa shape index (κ2) is 6.65. The van der Waals surface area contributed by atoms with Crippen molar-refractivity contribution in [2.75, 3.05) is 18.4 Å². The number of carbonyl (C=O) groups excluding carboxylic acids is 1. The zero-order chi connectivity index (χ0) is 18.0. The molecule has 1 amide bonds. The molecule has 1 aromatic heterocycles. The number of piperidine rings is 1. The Bertz CT molecular complexity index is 630. The summed E-state index contributed by atoms with van der Waals surface area (Å²) in [4.78, 5) is 17.0. The molecule has 0 aliphatic carbocycles. The molecule has 130 valence electrons. The van der Waals surface area contributed by atoms with Crippen molar-refractivity contribution >= 4 is 11.7 Å². The molecule has 0 saturated carbocycles. The zero-order valence-corrected chi connectivity index (χ0v) is 13.0. The molecule has 2 rings (SSSR count). The third-order valence-electron chi connectivity index (χ3n) is 4.00. The molecule has 0 spiro atoms. The van der Waals surface area contributed by atoms with Crippen molar-refractivity contribution in [1.29, 1.82) is 5.26 Å². The monoisotopic (exact) mass is 342 g/mol. The van der Waals surface area contributed by atoms with Crippen LogP contribution in [-0.4, -0.2) is 51.8 Å². The number of amides is 1. The van der Waals surface area contributed by atoms with Crippen molar-refractivity contribution in [3.63, 3.8) is 0 Å². The number of hydrogen-bond donors (Lipinski definition) is 2. The summed E-state index contributed by atoms with van der Waals surface area (Å²) in [5.74, 6) is -0.772. The third-order valence-corrected chi connectivity index (χ3v) is 4.00. The number of halogens is 3. The number of carbonyl (C=O) groups is 1. The second-order valence-electron chi connectivity index (χ2n) is 5.82. The number of pyridine rings is 1. The number of likely N-dealkylation sites (tertiary alicyclic amines) is 1. The Kier molecular flexibility index (Phi) is 4.99. The summed E-state index contributed by atoms with van der Waals surface area (Å²) in [6.45, 7) is 0.693. The van der Waals surface area contributed by atoms with E-state index in [9.17, 15) is 23.1 Å². The van der Waals surface area contributed by atoms with Crippen LogP contribution in [0.15, 0.2) is 18.3 Å². The lowest BCUT2D eigenvalue weighted by atomic mass is 10.00. The van der Waals surface area contributed by atoms with Crippen LogP contribution in [-0.2, 0) is 4.79 Å². The maximum absolute atomic E-state index is 12.7. The van der Waals surface area contributed by atoms with E-state index in [2.05, 4.69) is 10.3 Å². The van der Waals surface area contributed by atoms with Gasteiger partial charge in [-0.3, -0.25) is 4.79 Å². The topological polar surface area (TPSA) is 89.2 Å². The highest BCUT2D eigenvalue weighted by Crippen LogP contribution is 2.32. The molecule has 24 heavy (non-hydrogen) atoms. The Labute approximate surface area is 136 Å². The fourth-order valence-electron chi connectivity index (χ4n) is 2.41. The second-order valence-corrected chi connectivity index (χ2v) is 5.82. The number of aliphatic hydroxyl groups is 1. The Morgan fingerprint density at radius 2 is 2.04 bits per heavy atom. The summed E-state index contributed by atoms with van der Waals surface area (Å²) < 4.78 is 38.2. The number of nitrogens with zero attached hydrogens (tertiary/aromatic N) is 3. The minimum absolute atomic E-state index is 0.0506. The first-order valence-corrected chi connectivity index (χ1v) is 7.36. The summed E-state index contributed by atoms with van der Waals surface area (Å²) in [6, 6.07) is 5.15. The largest absolute Gasteiger partial charge is 0.426 e. The fraction of sp³-hybridized carbons (Fsp3) is 0.533. The molecule has 0 bridgehead atoms. The van der Waals surface area contributed by atoms with Crippen LogP contribution in [0, 0.1) is 11.3 Å². The average Bonchev–Trinajstić information content (AvgIpc) is 2.54. The zero-order valence-electron chi connectivity index (χ0n) is 13.0. The van der Waals surface area contributed by atoms with E-state index in [1.54, 1.807) is 12.1 Å². The number of alkyl halides is 3. The highest BCUT2D eigenvalue weighted by molar-refractivity contribution is 5.85. The molecule has 1 unspecified atom stereocenters. The lowest BCUT2D eigenvalue weighted by molar-refractivity contribution is -0.250. The maximum Gasteiger partial charge on any atom is 0.426 e. The number of anilines is 1. The molecule has 2 heterocycles. The Morgan fingerprint density at radius 3 is 2.50 bits per heavy atom. The van der Waals surface area contributed by atoms with Gasteiger partial charge in [-0.1, -0.05) is 0 Å². The van der Waals surface area contributed by atoms with Crippen LogP contribution in [0.2, 0.25) is 0 Å². The van der Waals surface area contributed by atoms with Gasteiger partial charge in [-0.2, -0.15) is 18.4 Å². The molecule has 2 N–H and O–H groups in total.